The summed E-state index contributed by atoms with van der Waals surface area (Å²) < 4.78 is 5.08. The van der Waals surface area contributed by atoms with Crippen molar-refractivity contribution in [3.8, 4) is 11.8 Å². The molecule has 22 heavy (non-hydrogen) atoms. The van der Waals surface area contributed by atoms with Crippen LogP contribution in [0.1, 0.15) is 16.7 Å². The highest BCUT2D eigenvalue weighted by Crippen LogP contribution is 2.13. The van der Waals surface area contributed by atoms with Gasteiger partial charge in [0.05, 0.1) is 6.54 Å². The molecule has 0 spiro atoms. The number of carbonyl (C=O) groups is 1. The van der Waals surface area contributed by atoms with Crippen molar-refractivity contribution >= 4 is 17.7 Å². The van der Waals surface area contributed by atoms with E-state index in [4.69, 9.17) is 16.3 Å². The molecule has 0 saturated heterocycles. The van der Waals surface area contributed by atoms with E-state index in [-0.39, 0.29) is 13.2 Å². The van der Waals surface area contributed by atoms with Crippen LogP contribution < -0.4 is 5.32 Å². The molecule has 2 aromatic carbocycles. The van der Waals surface area contributed by atoms with Crippen molar-refractivity contribution in [1.82, 2.24) is 5.32 Å². The average Bonchev–Trinajstić information content (AvgIpc) is 2.52. The van der Waals surface area contributed by atoms with Gasteiger partial charge in [0, 0.05) is 10.6 Å². The first-order valence-electron chi connectivity index (χ1n) is 6.85. The SMILES string of the molecule is Cc1cc(Cl)ccc1C#CCNC(=O)OCc1ccccc1. The van der Waals surface area contributed by atoms with Gasteiger partial charge in [0.25, 0.3) is 0 Å². The zero-order chi connectivity index (χ0) is 15.8. The lowest BCUT2D eigenvalue weighted by Crippen LogP contribution is -2.24. The van der Waals surface area contributed by atoms with E-state index in [1.807, 2.05) is 49.4 Å². The molecule has 2 aromatic rings. The third kappa shape index (κ3) is 5.16. The minimum atomic E-state index is -0.481. The zero-order valence-electron chi connectivity index (χ0n) is 12.2. The van der Waals surface area contributed by atoms with E-state index >= 15 is 0 Å². The molecular formula is C18H16ClNO2. The Bertz CT molecular complexity index is 702. The van der Waals surface area contributed by atoms with Crippen LogP contribution >= 0.6 is 11.6 Å². The Morgan fingerprint density at radius 2 is 2.00 bits per heavy atom. The second kappa shape index (κ2) is 8.11. The van der Waals surface area contributed by atoms with E-state index in [1.54, 1.807) is 6.07 Å². The Morgan fingerprint density at radius 3 is 2.73 bits per heavy atom. The molecule has 0 bridgehead atoms. The number of hydrogen-bond donors (Lipinski definition) is 1. The van der Waals surface area contributed by atoms with Crippen LogP contribution in [0.4, 0.5) is 4.79 Å². The van der Waals surface area contributed by atoms with Gasteiger partial charge >= 0.3 is 6.09 Å². The highest BCUT2D eigenvalue weighted by atomic mass is 35.5. The molecular weight excluding hydrogens is 298 g/mol. The van der Waals surface area contributed by atoms with Gasteiger partial charge < -0.3 is 10.1 Å². The number of ether oxygens (including phenoxy) is 1. The van der Waals surface area contributed by atoms with Crippen LogP contribution in [0.3, 0.4) is 0 Å². The molecule has 0 unspecified atom stereocenters. The normalized spacial score (nSPS) is 9.55. The van der Waals surface area contributed by atoms with E-state index < -0.39 is 6.09 Å². The monoisotopic (exact) mass is 313 g/mol. The number of hydrogen-bond acceptors (Lipinski definition) is 2. The number of nitrogens with one attached hydrogen (secondary N) is 1. The average molecular weight is 314 g/mol. The highest BCUT2D eigenvalue weighted by Gasteiger charge is 2.00. The third-order valence-corrected chi connectivity index (χ3v) is 3.18. The van der Waals surface area contributed by atoms with Crippen LogP contribution in [0.15, 0.2) is 48.5 Å². The predicted molar refractivity (Wildman–Crippen MR) is 87.7 cm³/mol. The number of carbonyl (C=O) groups excluding carboxylic acids is 1. The molecule has 0 saturated carbocycles. The van der Waals surface area contributed by atoms with Crippen molar-refractivity contribution in [3.63, 3.8) is 0 Å². The van der Waals surface area contributed by atoms with E-state index in [0.717, 1.165) is 16.7 Å². The quantitative estimate of drug-likeness (QED) is 0.872. The van der Waals surface area contributed by atoms with Gasteiger partial charge in [-0.15, -0.1) is 0 Å². The maximum Gasteiger partial charge on any atom is 0.408 e. The first-order chi connectivity index (χ1) is 10.6. The summed E-state index contributed by atoms with van der Waals surface area (Å²) in [6.07, 6.45) is -0.481. The molecule has 2 rings (SSSR count). The van der Waals surface area contributed by atoms with Crippen molar-refractivity contribution in [1.29, 1.82) is 0 Å². The summed E-state index contributed by atoms with van der Waals surface area (Å²) >= 11 is 5.88. The van der Waals surface area contributed by atoms with Crippen LogP contribution in [-0.4, -0.2) is 12.6 Å². The second-order valence-electron chi connectivity index (χ2n) is 4.68. The van der Waals surface area contributed by atoms with E-state index in [2.05, 4.69) is 17.2 Å². The Morgan fingerprint density at radius 1 is 1.23 bits per heavy atom. The maximum absolute atomic E-state index is 11.5. The van der Waals surface area contributed by atoms with Gasteiger partial charge in [-0.1, -0.05) is 53.8 Å². The topological polar surface area (TPSA) is 38.3 Å². The molecule has 0 aliphatic rings. The molecule has 4 heteroatoms. The Balaban J connectivity index is 1.76. The molecule has 0 aliphatic heterocycles. The van der Waals surface area contributed by atoms with Crippen molar-refractivity contribution in [2.24, 2.45) is 0 Å². The first-order valence-corrected chi connectivity index (χ1v) is 7.22. The van der Waals surface area contributed by atoms with Gasteiger partial charge in [0.1, 0.15) is 6.61 Å². The van der Waals surface area contributed by atoms with Gasteiger partial charge in [0.15, 0.2) is 0 Å². The number of alkyl carbamates (subject to hydrolysis) is 1. The molecule has 0 aliphatic carbocycles. The molecule has 0 aromatic heterocycles. The van der Waals surface area contributed by atoms with Gasteiger partial charge in [-0.2, -0.15) is 0 Å². The van der Waals surface area contributed by atoms with E-state index in [0.29, 0.717) is 5.02 Å². The Hall–Kier alpha value is -2.44. The number of benzene rings is 2. The summed E-state index contributed by atoms with van der Waals surface area (Å²) in [5.41, 5.74) is 2.84. The largest absolute Gasteiger partial charge is 0.445 e. The molecule has 0 heterocycles. The lowest BCUT2D eigenvalue weighted by Gasteiger charge is -2.04. The van der Waals surface area contributed by atoms with Crippen LogP contribution in [-0.2, 0) is 11.3 Å². The molecule has 3 nitrogen and oxygen atoms in total. The van der Waals surface area contributed by atoms with E-state index in [1.165, 1.54) is 0 Å². The first kappa shape index (κ1) is 15.9. The highest BCUT2D eigenvalue weighted by molar-refractivity contribution is 6.30. The van der Waals surface area contributed by atoms with Gasteiger partial charge in [0.2, 0.25) is 0 Å². The number of halogens is 1. The molecule has 0 radical (unpaired) electrons. The molecule has 0 fully saturated rings. The fourth-order valence-corrected chi connectivity index (χ4v) is 2.02. The minimum Gasteiger partial charge on any atom is -0.445 e. The Labute approximate surface area is 135 Å². The van der Waals surface area contributed by atoms with Crippen molar-refractivity contribution in [2.45, 2.75) is 13.5 Å². The number of rotatable bonds is 3. The number of amides is 1. The molecule has 1 N–H and O–H groups in total. The predicted octanol–water partition coefficient (Wildman–Crippen LogP) is 3.93. The Kier molecular flexibility index (Phi) is 5.88. The van der Waals surface area contributed by atoms with Crippen LogP contribution in [0.5, 0.6) is 0 Å². The number of aryl methyl sites for hydroxylation is 1. The van der Waals surface area contributed by atoms with Crippen molar-refractivity contribution < 1.29 is 9.53 Å². The van der Waals surface area contributed by atoms with Crippen molar-refractivity contribution in [2.75, 3.05) is 6.54 Å². The van der Waals surface area contributed by atoms with Crippen molar-refractivity contribution in [3.05, 3.63) is 70.2 Å². The third-order valence-electron chi connectivity index (χ3n) is 2.95. The summed E-state index contributed by atoms with van der Waals surface area (Å²) in [6, 6.07) is 15.0. The summed E-state index contributed by atoms with van der Waals surface area (Å²) in [4.78, 5) is 11.5. The van der Waals surface area contributed by atoms with Gasteiger partial charge in [-0.25, -0.2) is 4.79 Å². The fraction of sp³-hybridized carbons (Fsp3) is 0.167. The summed E-state index contributed by atoms with van der Waals surface area (Å²) in [5, 5.41) is 3.28. The molecule has 0 atom stereocenters. The smallest absolute Gasteiger partial charge is 0.408 e. The lowest BCUT2D eigenvalue weighted by atomic mass is 10.1. The maximum atomic E-state index is 11.5. The summed E-state index contributed by atoms with van der Waals surface area (Å²) in [5.74, 6) is 5.88. The van der Waals surface area contributed by atoms with E-state index in [9.17, 15) is 4.79 Å². The molecule has 1 amide bonds. The summed E-state index contributed by atoms with van der Waals surface area (Å²) in [7, 11) is 0. The summed E-state index contributed by atoms with van der Waals surface area (Å²) in [6.45, 7) is 2.42. The zero-order valence-corrected chi connectivity index (χ0v) is 13.0. The minimum absolute atomic E-state index is 0.232. The van der Waals surface area contributed by atoms with Crippen LogP contribution in [0.2, 0.25) is 5.02 Å². The molecule has 112 valence electrons. The van der Waals surface area contributed by atoms with Crippen LogP contribution in [0.25, 0.3) is 0 Å². The lowest BCUT2D eigenvalue weighted by molar-refractivity contribution is 0.141. The standard InChI is InChI=1S/C18H16ClNO2/c1-14-12-17(19)10-9-16(14)8-5-11-20-18(21)22-13-15-6-3-2-4-7-15/h2-4,6-7,9-10,12H,11,13H2,1H3,(H,20,21). The second-order valence-corrected chi connectivity index (χ2v) is 5.11. The fourth-order valence-electron chi connectivity index (χ4n) is 1.80. The van der Waals surface area contributed by atoms with Gasteiger partial charge in [-0.3, -0.25) is 0 Å². The van der Waals surface area contributed by atoms with Crippen LogP contribution in [0, 0.1) is 18.8 Å². The van der Waals surface area contributed by atoms with Gasteiger partial charge in [-0.05, 0) is 36.2 Å².